The number of carboxylic acid groups (broad SMARTS) is 2. The largest absolute Gasteiger partial charge is 0.480 e. The van der Waals surface area contributed by atoms with Crippen LogP contribution in [0.25, 0.3) is 11.2 Å². The fourth-order valence-electron chi connectivity index (χ4n) is 6.80. The van der Waals surface area contributed by atoms with Crippen LogP contribution in [0.2, 0.25) is 0 Å². The molecule has 0 saturated carbocycles. The number of anilines is 2. The van der Waals surface area contributed by atoms with Crippen molar-refractivity contribution in [1.82, 2.24) is 40.4 Å². The van der Waals surface area contributed by atoms with Crippen molar-refractivity contribution in [2.75, 3.05) is 11.1 Å². The normalized spacial score (nSPS) is 23.1. The number of benzene rings is 1. The molecular weight excluding hydrogens is 656 g/mol. The summed E-state index contributed by atoms with van der Waals surface area (Å²) in [5, 5.41) is 28.0. The third-order valence-corrected chi connectivity index (χ3v) is 9.22. The number of fused-ring (bicyclic) bond motifs is 1. The van der Waals surface area contributed by atoms with Gasteiger partial charge in [0, 0.05) is 30.5 Å². The molecule has 0 bridgehead atoms. The number of aromatic amines is 1. The molecular formula is C31H34N10O9. The Morgan fingerprint density at radius 1 is 1.06 bits per heavy atom. The van der Waals surface area contributed by atoms with Gasteiger partial charge in [-0.1, -0.05) is 0 Å². The van der Waals surface area contributed by atoms with Crippen molar-refractivity contribution in [2.45, 2.75) is 81.9 Å². The first-order valence-electron chi connectivity index (χ1n) is 15.9. The molecule has 3 aromatic rings. The highest BCUT2D eigenvalue weighted by molar-refractivity contribution is 5.99. The van der Waals surface area contributed by atoms with Crippen LogP contribution in [0.1, 0.15) is 61.5 Å². The van der Waals surface area contributed by atoms with Gasteiger partial charge in [-0.05, 0) is 50.5 Å². The quantitative estimate of drug-likeness (QED) is 0.115. The maximum atomic E-state index is 13.2. The second kappa shape index (κ2) is 13.1. The Hall–Kier alpha value is -5.98. The molecule has 5 heterocycles. The molecule has 5 atom stereocenters. The number of carboxylic acids is 2. The Labute approximate surface area is 282 Å². The second-order valence-electron chi connectivity index (χ2n) is 12.4. The molecule has 1 aromatic carbocycles. The number of Topliss-reactive ketones (excluding diaryl/α,β-unsaturated/α-hetero) is 1. The summed E-state index contributed by atoms with van der Waals surface area (Å²) in [5.41, 5.74) is 6.38. The van der Waals surface area contributed by atoms with Gasteiger partial charge in [0.1, 0.15) is 23.9 Å². The molecule has 50 heavy (non-hydrogen) atoms. The van der Waals surface area contributed by atoms with E-state index in [1.54, 1.807) is 19.1 Å². The lowest BCUT2D eigenvalue weighted by atomic mass is 10.0. The maximum absolute atomic E-state index is 13.2. The van der Waals surface area contributed by atoms with E-state index in [0.717, 1.165) is 0 Å². The minimum absolute atomic E-state index is 0.0345. The number of hydrogen-bond acceptors (Lipinski definition) is 13. The molecule has 3 aliphatic rings. The Morgan fingerprint density at radius 2 is 1.80 bits per heavy atom. The number of nitrogens with one attached hydrogen (secondary N) is 4. The van der Waals surface area contributed by atoms with E-state index in [0.29, 0.717) is 11.4 Å². The summed E-state index contributed by atoms with van der Waals surface area (Å²) in [5.74, 6) is -5.61. The van der Waals surface area contributed by atoms with E-state index in [9.17, 15) is 43.8 Å². The molecule has 19 nitrogen and oxygen atoms in total. The van der Waals surface area contributed by atoms with E-state index in [4.69, 9.17) is 5.73 Å². The molecule has 262 valence electrons. The Morgan fingerprint density at radius 3 is 2.50 bits per heavy atom. The fourth-order valence-corrected chi connectivity index (χ4v) is 6.80. The highest BCUT2D eigenvalue weighted by Crippen LogP contribution is 2.46. The van der Waals surface area contributed by atoms with Gasteiger partial charge >= 0.3 is 11.9 Å². The first-order chi connectivity index (χ1) is 23.8. The smallest absolute Gasteiger partial charge is 0.326 e. The molecule has 19 heteroatoms. The van der Waals surface area contributed by atoms with Crippen molar-refractivity contribution < 1.29 is 39.0 Å². The number of nitrogens with zero attached hydrogens (tertiary/aromatic N) is 5. The summed E-state index contributed by atoms with van der Waals surface area (Å²) in [6.07, 6.45) is 1.51. The number of carbonyl (C=O) groups excluding carboxylic acids is 4. The Balaban J connectivity index is 0.984. The highest BCUT2D eigenvalue weighted by Gasteiger charge is 2.68. The van der Waals surface area contributed by atoms with Crippen LogP contribution in [0.4, 0.5) is 11.6 Å². The maximum Gasteiger partial charge on any atom is 0.326 e. The summed E-state index contributed by atoms with van der Waals surface area (Å²) < 4.78 is 0. The number of carbonyl (C=O) groups is 6. The lowest BCUT2D eigenvalue weighted by molar-refractivity contribution is -0.150. The number of ketones is 1. The third kappa shape index (κ3) is 6.17. The van der Waals surface area contributed by atoms with Gasteiger partial charge in [-0.25, -0.2) is 19.6 Å². The number of H-pyrrole nitrogens is 1. The molecule has 6 rings (SSSR count). The number of nitrogen functional groups attached to an aromatic ring is 1. The van der Waals surface area contributed by atoms with Crippen LogP contribution in [-0.4, -0.2) is 105 Å². The number of nitrogens with two attached hydrogens (primary N) is 1. The predicted octanol–water partition coefficient (Wildman–Crippen LogP) is -0.848. The second-order valence-corrected chi connectivity index (χ2v) is 12.4. The average Bonchev–Trinajstić information content (AvgIpc) is 3.66. The van der Waals surface area contributed by atoms with Crippen molar-refractivity contribution in [1.29, 1.82) is 0 Å². The molecule has 1 spiro atoms. The van der Waals surface area contributed by atoms with Crippen LogP contribution in [0.15, 0.2) is 35.3 Å². The van der Waals surface area contributed by atoms with Crippen LogP contribution in [0.3, 0.4) is 0 Å². The fraction of sp³-hybridized carbons (Fsp3) is 0.419. The van der Waals surface area contributed by atoms with Crippen LogP contribution >= 0.6 is 0 Å². The zero-order valence-electron chi connectivity index (χ0n) is 26.7. The number of aromatic nitrogens is 4. The van der Waals surface area contributed by atoms with Gasteiger partial charge in [0.15, 0.2) is 17.0 Å². The van der Waals surface area contributed by atoms with E-state index in [2.05, 4.69) is 35.9 Å². The Bertz CT molecular complexity index is 1970. The zero-order chi connectivity index (χ0) is 35.9. The van der Waals surface area contributed by atoms with Crippen LogP contribution in [-0.2, 0) is 30.5 Å². The predicted molar refractivity (Wildman–Crippen MR) is 172 cm³/mol. The van der Waals surface area contributed by atoms with Gasteiger partial charge < -0.3 is 26.6 Å². The van der Waals surface area contributed by atoms with E-state index in [-0.39, 0.29) is 73.5 Å². The summed E-state index contributed by atoms with van der Waals surface area (Å²) >= 11 is 0. The van der Waals surface area contributed by atoms with Gasteiger partial charge in [-0.2, -0.15) is 4.98 Å². The molecule has 1 unspecified atom stereocenters. The van der Waals surface area contributed by atoms with E-state index in [1.807, 2.05) is 0 Å². The van der Waals surface area contributed by atoms with Crippen molar-refractivity contribution >= 4 is 58.2 Å². The number of amides is 3. The molecule has 0 aliphatic carbocycles. The lowest BCUT2D eigenvalue weighted by Gasteiger charge is -2.34. The molecule has 3 saturated heterocycles. The highest BCUT2D eigenvalue weighted by atomic mass is 16.4. The lowest BCUT2D eigenvalue weighted by Crippen LogP contribution is -2.58. The topological polar surface area (TPSA) is 283 Å². The van der Waals surface area contributed by atoms with Crippen molar-refractivity contribution in [3.63, 3.8) is 0 Å². The summed E-state index contributed by atoms with van der Waals surface area (Å²) in [6, 6.07) is 2.10. The van der Waals surface area contributed by atoms with Gasteiger partial charge in [0.05, 0.1) is 24.5 Å². The summed E-state index contributed by atoms with van der Waals surface area (Å²) in [6.45, 7) is 1.74. The molecule has 3 fully saturated rings. The van der Waals surface area contributed by atoms with Crippen LogP contribution in [0.5, 0.6) is 0 Å². The molecule has 3 amide bonds. The van der Waals surface area contributed by atoms with E-state index in [1.165, 1.54) is 28.1 Å². The summed E-state index contributed by atoms with van der Waals surface area (Å²) in [7, 11) is 0. The average molecular weight is 691 g/mol. The third-order valence-electron chi connectivity index (χ3n) is 9.22. The molecule has 0 radical (unpaired) electrons. The Kier molecular flexibility index (Phi) is 8.91. The molecule has 8 N–H and O–H groups in total. The van der Waals surface area contributed by atoms with E-state index < -0.39 is 65.2 Å². The first-order valence-corrected chi connectivity index (χ1v) is 15.9. The molecule has 3 aliphatic heterocycles. The summed E-state index contributed by atoms with van der Waals surface area (Å²) in [4.78, 5) is 105. The van der Waals surface area contributed by atoms with E-state index >= 15 is 0 Å². The van der Waals surface area contributed by atoms with Gasteiger partial charge in [-0.15, -0.1) is 0 Å². The monoisotopic (exact) mass is 690 g/mol. The van der Waals surface area contributed by atoms with Gasteiger partial charge in [0.25, 0.3) is 11.5 Å². The standard InChI is InChI=1S/C31H34N10O9/c1-14-26(45)41-21(29(49)50)10-11-31(41)39-19(27(46)40(14)31)8-6-18(42)7-9-20(28(47)48)36-24(43)15-2-4-16(5-3-15)33-12-17-13-34-23-22(35-17)25(44)38-30(32)37-23/h2-5,13-14,19-21,33,39H,6-12H2,1H3,(H,36,43)(H,47,48)(H,49,50)(H3,32,34,37,38,44)/t14-,19-,20+,21-,31?/m0/s1. The zero-order valence-corrected chi connectivity index (χ0v) is 26.7. The minimum Gasteiger partial charge on any atom is -0.480 e. The number of rotatable bonds is 13. The number of hydrogen-bond donors (Lipinski definition) is 7. The van der Waals surface area contributed by atoms with Gasteiger partial charge in [-0.3, -0.25) is 44.1 Å². The van der Waals surface area contributed by atoms with Gasteiger partial charge in [0.2, 0.25) is 17.8 Å². The van der Waals surface area contributed by atoms with Crippen molar-refractivity contribution in [3.05, 3.63) is 52.1 Å². The van der Waals surface area contributed by atoms with Crippen LogP contribution < -0.4 is 27.2 Å². The van der Waals surface area contributed by atoms with Crippen molar-refractivity contribution in [3.8, 4) is 0 Å². The molecule has 2 aromatic heterocycles. The SMILES string of the molecule is C[C@H]1C(=O)N2[C@H](C(=O)O)CCC23N[C@@H](CCC(=O)CC[C@@H](NC(=O)c2ccc(NCc4cnc5nc(N)[nH]c(=O)c5n4)cc2)C(=O)O)C(=O)N13. The van der Waals surface area contributed by atoms with Crippen LogP contribution in [0, 0.1) is 0 Å². The first kappa shape index (κ1) is 33.9. The number of aliphatic carboxylic acids is 2. The van der Waals surface area contributed by atoms with Crippen molar-refractivity contribution in [2.24, 2.45) is 0 Å². The minimum atomic E-state index is -1.36.